The fourth-order valence-corrected chi connectivity index (χ4v) is 0.999. The molecule has 1 aliphatic rings. The van der Waals surface area contributed by atoms with E-state index in [1.165, 1.54) is 0 Å². The van der Waals surface area contributed by atoms with Crippen LogP contribution in [0.1, 0.15) is 6.92 Å². The largest absolute Gasteiger partial charge is 0.280 e. The van der Waals surface area contributed by atoms with Gasteiger partial charge in [-0.25, -0.2) is 0 Å². The SMILES string of the molecule is CC1=CC=CC(C(=O)Cl)C=C1. The monoisotopic (exact) mass is 168 g/mol. The summed E-state index contributed by atoms with van der Waals surface area (Å²) in [5, 5.41) is -0.333. The van der Waals surface area contributed by atoms with Gasteiger partial charge in [-0.1, -0.05) is 36.0 Å². The van der Waals surface area contributed by atoms with Crippen LogP contribution in [0.15, 0.2) is 36.0 Å². The van der Waals surface area contributed by atoms with Crippen molar-refractivity contribution in [3.05, 3.63) is 36.0 Å². The molecule has 1 nitrogen and oxygen atoms in total. The van der Waals surface area contributed by atoms with Crippen LogP contribution in [-0.4, -0.2) is 5.24 Å². The Morgan fingerprint density at radius 2 is 2.27 bits per heavy atom. The van der Waals surface area contributed by atoms with Crippen molar-refractivity contribution >= 4 is 16.8 Å². The molecule has 0 aromatic rings. The van der Waals surface area contributed by atoms with E-state index >= 15 is 0 Å². The molecule has 0 saturated carbocycles. The van der Waals surface area contributed by atoms with Gasteiger partial charge in [-0.3, -0.25) is 4.79 Å². The lowest BCUT2D eigenvalue weighted by Gasteiger charge is -1.96. The normalized spacial score (nSPS) is 22.7. The number of rotatable bonds is 1. The zero-order valence-corrected chi connectivity index (χ0v) is 7.01. The quantitative estimate of drug-likeness (QED) is 0.550. The van der Waals surface area contributed by atoms with Crippen LogP contribution < -0.4 is 0 Å². The molecule has 1 aliphatic carbocycles. The highest BCUT2D eigenvalue weighted by Crippen LogP contribution is 2.12. The molecule has 0 aliphatic heterocycles. The number of allylic oxidation sites excluding steroid dienone is 6. The average molecular weight is 169 g/mol. The standard InChI is InChI=1S/C9H9ClO/c1-7-3-2-4-8(6-5-7)9(10)11/h2-6,8H,1H3. The molecule has 0 saturated heterocycles. The Morgan fingerprint density at radius 3 is 2.91 bits per heavy atom. The molecule has 58 valence electrons. The highest BCUT2D eigenvalue weighted by Gasteiger charge is 2.08. The Hall–Kier alpha value is -0.820. The van der Waals surface area contributed by atoms with Crippen molar-refractivity contribution in [2.75, 3.05) is 0 Å². The molecule has 0 fully saturated rings. The molecule has 0 spiro atoms. The van der Waals surface area contributed by atoms with Crippen LogP contribution in [0.2, 0.25) is 0 Å². The predicted octanol–water partition coefficient (Wildman–Crippen LogP) is 2.44. The molecule has 1 rings (SSSR count). The third kappa shape index (κ3) is 2.35. The fraction of sp³-hybridized carbons (Fsp3) is 0.222. The van der Waals surface area contributed by atoms with E-state index in [1.807, 2.05) is 25.2 Å². The van der Waals surface area contributed by atoms with Crippen molar-refractivity contribution in [3.8, 4) is 0 Å². The molecule has 0 aromatic carbocycles. The molecule has 0 amide bonds. The minimum atomic E-state index is -0.333. The van der Waals surface area contributed by atoms with Gasteiger partial charge >= 0.3 is 0 Å². The summed E-state index contributed by atoms with van der Waals surface area (Å²) in [6.07, 6.45) is 9.26. The molecule has 11 heavy (non-hydrogen) atoms. The molecule has 0 bridgehead atoms. The molecule has 1 unspecified atom stereocenters. The van der Waals surface area contributed by atoms with Crippen LogP contribution in [0, 0.1) is 5.92 Å². The summed E-state index contributed by atoms with van der Waals surface area (Å²) in [6.45, 7) is 1.97. The Labute approximate surface area is 71.0 Å². The fourth-order valence-electron chi connectivity index (χ4n) is 0.854. The molecule has 0 N–H and O–H groups in total. The van der Waals surface area contributed by atoms with Crippen LogP contribution >= 0.6 is 11.6 Å². The maximum absolute atomic E-state index is 10.7. The van der Waals surface area contributed by atoms with Gasteiger partial charge in [0.1, 0.15) is 0 Å². The number of hydrogen-bond acceptors (Lipinski definition) is 1. The van der Waals surface area contributed by atoms with E-state index in [0.717, 1.165) is 5.57 Å². The van der Waals surface area contributed by atoms with E-state index < -0.39 is 0 Å². The van der Waals surface area contributed by atoms with E-state index in [4.69, 9.17) is 11.6 Å². The van der Waals surface area contributed by atoms with Crippen molar-refractivity contribution in [2.45, 2.75) is 6.92 Å². The summed E-state index contributed by atoms with van der Waals surface area (Å²) < 4.78 is 0. The van der Waals surface area contributed by atoms with Gasteiger partial charge in [0, 0.05) is 0 Å². The van der Waals surface area contributed by atoms with Crippen LogP contribution in [-0.2, 0) is 4.79 Å². The zero-order chi connectivity index (χ0) is 8.27. The Kier molecular flexibility index (Phi) is 2.66. The molecule has 0 radical (unpaired) electrons. The number of carbonyl (C=O) groups excluding carboxylic acids is 1. The number of halogens is 1. The van der Waals surface area contributed by atoms with E-state index in [-0.39, 0.29) is 11.2 Å². The van der Waals surface area contributed by atoms with Crippen molar-refractivity contribution in [2.24, 2.45) is 5.92 Å². The summed E-state index contributed by atoms with van der Waals surface area (Å²) in [5.41, 5.74) is 1.13. The lowest BCUT2D eigenvalue weighted by molar-refractivity contribution is -0.112. The smallest absolute Gasteiger partial charge is 0.232 e. The third-order valence-corrected chi connectivity index (χ3v) is 1.76. The molecule has 0 aromatic heterocycles. The Morgan fingerprint density at radius 1 is 1.55 bits per heavy atom. The minimum absolute atomic E-state index is 0.259. The van der Waals surface area contributed by atoms with Gasteiger partial charge in [0.05, 0.1) is 5.92 Å². The van der Waals surface area contributed by atoms with Gasteiger partial charge in [0.2, 0.25) is 5.24 Å². The summed E-state index contributed by atoms with van der Waals surface area (Å²) in [4.78, 5) is 10.7. The minimum Gasteiger partial charge on any atom is -0.280 e. The topological polar surface area (TPSA) is 17.1 Å². The van der Waals surface area contributed by atoms with Gasteiger partial charge in [-0.15, -0.1) is 0 Å². The number of carbonyl (C=O) groups is 1. The second kappa shape index (κ2) is 3.54. The first-order valence-electron chi connectivity index (χ1n) is 3.43. The van der Waals surface area contributed by atoms with Gasteiger partial charge < -0.3 is 0 Å². The maximum Gasteiger partial charge on any atom is 0.232 e. The first kappa shape index (κ1) is 8.28. The van der Waals surface area contributed by atoms with Crippen LogP contribution in [0.4, 0.5) is 0 Å². The van der Waals surface area contributed by atoms with Crippen molar-refractivity contribution < 1.29 is 4.79 Å². The molecule has 1 atom stereocenters. The zero-order valence-electron chi connectivity index (χ0n) is 6.25. The highest BCUT2D eigenvalue weighted by molar-refractivity contribution is 6.64. The summed E-state index contributed by atoms with van der Waals surface area (Å²) in [6, 6.07) is 0. The lowest BCUT2D eigenvalue weighted by Crippen LogP contribution is -2.00. The van der Waals surface area contributed by atoms with Crippen LogP contribution in [0.25, 0.3) is 0 Å². The second-order valence-electron chi connectivity index (χ2n) is 2.48. The average Bonchev–Trinajstić information content (AvgIpc) is 2.13. The van der Waals surface area contributed by atoms with Gasteiger partial charge in [0.15, 0.2) is 0 Å². The maximum atomic E-state index is 10.7. The Bertz CT molecular complexity index is 248. The van der Waals surface area contributed by atoms with Gasteiger partial charge in [0.25, 0.3) is 0 Å². The first-order valence-corrected chi connectivity index (χ1v) is 3.80. The van der Waals surface area contributed by atoms with E-state index in [2.05, 4.69) is 0 Å². The molecule has 0 heterocycles. The van der Waals surface area contributed by atoms with Gasteiger partial charge in [-0.2, -0.15) is 0 Å². The van der Waals surface area contributed by atoms with Gasteiger partial charge in [-0.05, 0) is 18.5 Å². The predicted molar refractivity (Wildman–Crippen MR) is 46.4 cm³/mol. The van der Waals surface area contributed by atoms with Crippen LogP contribution in [0.3, 0.4) is 0 Å². The van der Waals surface area contributed by atoms with Crippen LogP contribution in [0.5, 0.6) is 0 Å². The van der Waals surface area contributed by atoms with E-state index in [1.54, 1.807) is 12.2 Å². The molecule has 2 heteroatoms. The summed E-state index contributed by atoms with van der Waals surface area (Å²) in [7, 11) is 0. The van der Waals surface area contributed by atoms with E-state index in [0.29, 0.717) is 0 Å². The molecular formula is C9H9ClO. The summed E-state index contributed by atoms with van der Waals surface area (Å²) in [5.74, 6) is -0.259. The van der Waals surface area contributed by atoms with Crippen molar-refractivity contribution in [3.63, 3.8) is 0 Å². The van der Waals surface area contributed by atoms with Crippen molar-refractivity contribution in [1.82, 2.24) is 0 Å². The van der Waals surface area contributed by atoms with Crippen molar-refractivity contribution in [1.29, 1.82) is 0 Å². The Balaban J connectivity index is 2.79. The summed E-state index contributed by atoms with van der Waals surface area (Å²) >= 11 is 5.31. The third-order valence-electron chi connectivity index (χ3n) is 1.51. The first-order chi connectivity index (χ1) is 5.20. The van der Waals surface area contributed by atoms with E-state index in [9.17, 15) is 4.79 Å². The molecular weight excluding hydrogens is 160 g/mol. The lowest BCUT2D eigenvalue weighted by atomic mass is 10.1. The highest BCUT2D eigenvalue weighted by atomic mass is 35.5. The number of hydrogen-bond donors (Lipinski definition) is 0. The second-order valence-corrected chi connectivity index (χ2v) is 2.86.